The van der Waals surface area contributed by atoms with Gasteiger partial charge in [0, 0.05) is 50.7 Å². The molecule has 2 aromatic heterocycles. The minimum Gasteiger partial charge on any atom is -0.297 e. The molecule has 1 N–H and O–H groups in total. The molecule has 26 heavy (non-hydrogen) atoms. The van der Waals surface area contributed by atoms with Crippen LogP contribution in [0, 0.1) is 4.77 Å². The topological polar surface area (TPSA) is 53.0 Å². The lowest BCUT2D eigenvalue weighted by molar-refractivity contribution is 0.0982. The molecule has 3 heterocycles. The van der Waals surface area contributed by atoms with Crippen LogP contribution in [0.5, 0.6) is 0 Å². The van der Waals surface area contributed by atoms with Crippen molar-refractivity contribution in [1.82, 2.24) is 29.5 Å². The van der Waals surface area contributed by atoms with Gasteiger partial charge in [0.05, 0.1) is 6.67 Å². The smallest absolute Gasteiger partial charge is 0.217 e. The summed E-state index contributed by atoms with van der Waals surface area (Å²) in [6.45, 7) is 5.88. The first-order valence-corrected chi connectivity index (χ1v) is 9.25. The lowest BCUT2D eigenvalue weighted by Crippen LogP contribution is -2.46. The van der Waals surface area contributed by atoms with Crippen LogP contribution in [0.15, 0.2) is 54.9 Å². The van der Waals surface area contributed by atoms with E-state index in [1.54, 1.807) is 0 Å². The Morgan fingerprint density at radius 1 is 0.923 bits per heavy atom. The predicted octanol–water partition coefficient (Wildman–Crippen LogP) is 2.78. The molecule has 0 atom stereocenters. The second-order valence-electron chi connectivity index (χ2n) is 6.54. The minimum absolute atomic E-state index is 0.600. The van der Waals surface area contributed by atoms with Crippen LogP contribution in [-0.4, -0.2) is 55.7 Å². The van der Waals surface area contributed by atoms with Crippen molar-refractivity contribution in [3.05, 3.63) is 65.2 Å². The number of hydrogen-bond donors (Lipinski definition) is 1. The van der Waals surface area contributed by atoms with E-state index >= 15 is 0 Å². The normalized spacial score (nSPS) is 16.0. The van der Waals surface area contributed by atoms with Crippen LogP contribution in [0.2, 0.25) is 0 Å². The van der Waals surface area contributed by atoms with E-state index < -0.39 is 0 Å². The van der Waals surface area contributed by atoms with Gasteiger partial charge in [0.2, 0.25) is 4.77 Å². The Labute approximate surface area is 158 Å². The van der Waals surface area contributed by atoms with Crippen molar-refractivity contribution >= 4 is 12.2 Å². The van der Waals surface area contributed by atoms with Gasteiger partial charge in [-0.05, 0) is 29.9 Å². The average molecular weight is 366 g/mol. The van der Waals surface area contributed by atoms with Gasteiger partial charge in [-0.1, -0.05) is 30.3 Å². The zero-order chi connectivity index (χ0) is 17.8. The number of hydrogen-bond acceptors (Lipinski definition) is 5. The molecule has 7 heteroatoms. The highest BCUT2D eigenvalue weighted by atomic mass is 32.1. The number of benzene rings is 1. The molecule has 0 radical (unpaired) electrons. The number of H-pyrrole nitrogens is 1. The van der Waals surface area contributed by atoms with Crippen molar-refractivity contribution in [2.45, 2.75) is 13.2 Å². The molecule has 0 saturated carbocycles. The van der Waals surface area contributed by atoms with Crippen LogP contribution in [0.1, 0.15) is 5.56 Å². The van der Waals surface area contributed by atoms with E-state index in [4.69, 9.17) is 12.2 Å². The number of nitrogens with zero attached hydrogens (tertiary/aromatic N) is 5. The first kappa shape index (κ1) is 17.1. The molecule has 0 unspecified atom stereocenters. The first-order chi connectivity index (χ1) is 12.8. The molecule has 3 aromatic rings. The number of aromatic nitrogens is 4. The van der Waals surface area contributed by atoms with Crippen LogP contribution in [0.4, 0.5) is 0 Å². The minimum atomic E-state index is 0.600. The Bertz CT molecular complexity index is 881. The van der Waals surface area contributed by atoms with E-state index in [0.29, 0.717) is 4.77 Å². The van der Waals surface area contributed by atoms with E-state index in [1.807, 2.05) is 47.4 Å². The molecule has 134 valence electrons. The summed E-state index contributed by atoms with van der Waals surface area (Å²) in [6.07, 6.45) is 3.71. The van der Waals surface area contributed by atoms with E-state index in [2.05, 4.69) is 37.0 Å². The third-order valence-electron chi connectivity index (χ3n) is 4.69. The third kappa shape index (κ3) is 4.07. The van der Waals surface area contributed by atoms with E-state index in [-0.39, 0.29) is 0 Å². The molecule has 1 fully saturated rings. The summed E-state index contributed by atoms with van der Waals surface area (Å²) in [5.41, 5.74) is 2.37. The Balaban J connectivity index is 1.35. The second-order valence-corrected chi connectivity index (χ2v) is 6.91. The maximum Gasteiger partial charge on any atom is 0.217 e. The summed E-state index contributed by atoms with van der Waals surface area (Å²) in [4.78, 5) is 13.5. The highest BCUT2D eigenvalue weighted by Crippen LogP contribution is 2.14. The largest absolute Gasteiger partial charge is 0.297 e. The molecule has 0 spiro atoms. The summed E-state index contributed by atoms with van der Waals surface area (Å²) in [7, 11) is 0. The monoisotopic (exact) mass is 366 g/mol. The Morgan fingerprint density at radius 2 is 1.62 bits per heavy atom. The standard InChI is InChI=1S/C19H22N6S/c26-19-21-18(17-4-2-1-3-5-17)22-25(19)15-24-12-10-23(11-13-24)14-16-6-8-20-9-7-16/h1-9H,10-15H2,(H,21,22,26). The van der Waals surface area contributed by atoms with Crippen molar-refractivity contribution in [1.29, 1.82) is 0 Å². The number of aromatic amines is 1. The number of nitrogens with one attached hydrogen (secondary N) is 1. The summed E-state index contributed by atoms with van der Waals surface area (Å²) in [5, 5.41) is 3.34. The zero-order valence-corrected chi connectivity index (χ0v) is 15.4. The Hall–Kier alpha value is -2.35. The molecule has 1 aliphatic rings. The molecular weight excluding hydrogens is 344 g/mol. The van der Waals surface area contributed by atoms with Crippen LogP contribution in [0.3, 0.4) is 0 Å². The maximum absolute atomic E-state index is 5.43. The summed E-state index contributed by atoms with van der Waals surface area (Å²) < 4.78 is 2.55. The van der Waals surface area contributed by atoms with Crippen LogP contribution < -0.4 is 0 Å². The molecule has 1 saturated heterocycles. The van der Waals surface area contributed by atoms with Gasteiger partial charge in [0.25, 0.3) is 0 Å². The maximum atomic E-state index is 5.43. The van der Waals surface area contributed by atoms with Crippen LogP contribution in [-0.2, 0) is 13.2 Å². The molecule has 1 aliphatic heterocycles. The zero-order valence-electron chi connectivity index (χ0n) is 14.6. The lowest BCUT2D eigenvalue weighted by Gasteiger charge is -2.34. The second kappa shape index (κ2) is 7.90. The fraction of sp³-hybridized carbons (Fsp3) is 0.316. The summed E-state index contributed by atoms with van der Waals surface area (Å²) in [6, 6.07) is 14.3. The number of rotatable bonds is 5. The molecule has 4 rings (SSSR count). The van der Waals surface area contributed by atoms with Crippen molar-refractivity contribution in [2.75, 3.05) is 26.2 Å². The molecule has 6 nitrogen and oxygen atoms in total. The Morgan fingerprint density at radius 3 is 2.35 bits per heavy atom. The average Bonchev–Trinajstić information content (AvgIpc) is 3.05. The fourth-order valence-electron chi connectivity index (χ4n) is 3.21. The highest BCUT2D eigenvalue weighted by molar-refractivity contribution is 7.71. The van der Waals surface area contributed by atoms with Gasteiger partial charge < -0.3 is 0 Å². The molecule has 1 aromatic carbocycles. The van der Waals surface area contributed by atoms with Crippen molar-refractivity contribution in [2.24, 2.45) is 0 Å². The van der Waals surface area contributed by atoms with E-state index in [9.17, 15) is 0 Å². The van der Waals surface area contributed by atoms with E-state index in [0.717, 1.165) is 50.8 Å². The van der Waals surface area contributed by atoms with Crippen LogP contribution >= 0.6 is 12.2 Å². The fourth-order valence-corrected chi connectivity index (χ4v) is 3.41. The van der Waals surface area contributed by atoms with Crippen molar-refractivity contribution in [3.8, 4) is 11.4 Å². The van der Waals surface area contributed by atoms with Gasteiger partial charge >= 0.3 is 0 Å². The summed E-state index contributed by atoms with van der Waals surface area (Å²) in [5.74, 6) is 0.826. The number of piperazine rings is 1. The van der Waals surface area contributed by atoms with Gasteiger partial charge in [-0.15, -0.1) is 0 Å². The molecule has 0 aliphatic carbocycles. The summed E-state index contributed by atoms with van der Waals surface area (Å²) >= 11 is 5.43. The predicted molar refractivity (Wildman–Crippen MR) is 104 cm³/mol. The van der Waals surface area contributed by atoms with Crippen LogP contribution in [0.25, 0.3) is 11.4 Å². The van der Waals surface area contributed by atoms with Crippen molar-refractivity contribution in [3.63, 3.8) is 0 Å². The SMILES string of the molecule is S=c1nc(-c2ccccc2)[nH]n1CN1CCN(Cc2ccncc2)CC1. The Kier molecular flexibility index (Phi) is 5.19. The lowest BCUT2D eigenvalue weighted by atomic mass is 10.2. The quantitative estimate of drug-likeness (QED) is 0.704. The van der Waals surface area contributed by atoms with Gasteiger partial charge in [0.1, 0.15) is 0 Å². The van der Waals surface area contributed by atoms with Gasteiger partial charge in [-0.3, -0.25) is 19.9 Å². The first-order valence-electron chi connectivity index (χ1n) is 8.84. The number of pyridine rings is 1. The van der Waals surface area contributed by atoms with Gasteiger partial charge in [0.15, 0.2) is 5.82 Å². The highest BCUT2D eigenvalue weighted by Gasteiger charge is 2.18. The third-order valence-corrected chi connectivity index (χ3v) is 5.00. The van der Waals surface area contributed by atoms with Gasteiger partial charge in [-0.25, -0.2) is 4.68 Å². The molecule has 0 bridgehead atoms. The van der Waals surface area contributed by atoms with E-state index in [1.165, 1.54) is 5.56 Å². The van der Waals surface area contributed by atoms with Gasteiger partial charge in [-0.2, -0.15) is 4.98 Å². The molecule has 0 amide bonds. The molecular formula is C19H22N6S. The van der Waals surface area contributed by atoms with Crippen molar-refractivity contribution < 1.29 is 0 Å².